The van der Waals surface area contributed by atoms with E-state index in [4.69, 9.17) is 9.97 Å². The molecule has 0 bridgehead atoms. The number of nitrogens with one attached hydrogen (secondary N) is 3. The first kappa shape index (κ1) is 58.9. The summed E-state index contributed by atoms with van der Waals surface area (Å²) in [4.78, 5) is 131. The van der Waals surface area contributed by atoms with Crippen LogP contribution in [0.25, 0.3) is 22.3 Å². The molecule has 462 valence electrons. The van der Waals surface area contributed by atoms with E-state index in [9.17, 15) is 33.6 Å². The molecule has 2 atom stereocenters. The molecule has 21 heteroatoms. The van der Waals surface area contributed by atoms with Crippen LogP contribution in [0.1, 0.15) is 166 Å². The van der Waals surface area contributed by atoms with E-state index in [1.165, 1.54) is 31.4 Å². The molecule has 8 amide bonds. The maximum Gasteiger partial charge on any atom is 0.264 e. The van der Waals surface area contributed by atoms with Crippen LogP contribution in [0.15, 0.2) is 60.9 Å². The summed E-state index contributed by atoms with van der Waals surface area (Å²) in [5.41, 5.74) is 5.68. The number of imidazole rings is 1. The van der Waals surface area contributed by atoms with Crippen LogP contribution in [-0.4, -0.2) is 158 Å². The number of rotatable bonds is 13. The first-order chi connectivity index (χ1) is 42.3. The summed E-state index contributed by atoms with van der Waals surface area (Å²) in [7, 11) is 1.89. The Bertz CT molecular complexity index is 3700. The molecular formula is C67H79FN12O8. The smallest absolute Gasteiger partial charge is 0.264 e. The lowest BCUT2D eigenvalue weighted by molar-refractivity contribution is -0.140. The third kappa shape index (κ3) is 10.3. The van der Waals surface area contributed by atoms with Gasteiger partial charge in [0.15, 0.2) is 5.82 Å². The summed E-state index contributed by atoms with van der Waals surface area (Å²) in [6.07, 6.45) is 11.3. The minimum Gasteiger partial charge on any atom is -0.371 e. The summed E-state index contributed by atoms with van der Waals surface area (Å²) in [5, 5.41) is 8.45. The van der Waals surface area contributed by atoms with Gasteiger partial charge in [0.1, 0.15) is 17.4 Å². The molecule has 6 fully saturated rings. The van der Waals surface area contributed by atoms with Crippen molar-refractivity contribution in [2.45, 2.75) is 166 Å². The lowest BCUT2D eigenvalue weighted by atomic mass is 9.73. The first-order valence-electron chi connectivity index (χ1n) is 31.9. The molecule has 20 nitrogen and oxygen atoms in total. The van der Waals surface area contributed by atoms with E-state index in [0.29, 0.717) is 117 Å². The zero-order chi connectivity index (χ0) is 61.6. The molecule has 6 aliphatic heterocycles. The predicted molar refractivity (Wildman–Crippen MR) is 330 cm³/mol. The van der Waals surface area contributed by atoms with Gasteiger partial charge in [-0.1, -0.05) is 24.6 Å². The number of benzene rings is 3. The summed E-state index contributed by atoms with van der Waals surface area (Å²) < 4.78 is 18.0. The lowest BCUT2D eigenvalue weighted by Crippen LogP contribution is -2.58. The van der Waals surface area contributed by atoms with Gasteiger partial charge in [0.05, 0.1) is 51.4 Å². The number of imide groups is 2. The van der Waals surface area contributed by atoms with Crippen molar-refractivity contribution in [1.82, 2.24) is 44.8 Å². The zero-order valence-electron chi connectivity index (χ0n) is 51.2. The van der Waals surface area contributed by atoms with Gasteiger partial charge in [-0.3, -0.25) is 48.6 Å². The summed E-state index contributed by atoms with van der Waals surface area (Å²) in [6, 6.07) is 15.4. The maximum absolute atomic E-state index is 16.0. The van der Waals surface area contributed by atoms with Gasteiger partial charge in [0.2, 0.25) is 29.5 Å². The molecule has 2 aromatic heterocycles. The third-order valence-electron chi connectivity index (χ3n) is 20.6. The van der Waals surface area contributed by atoms with Crippen LogP contribution in [0.2, 0.25) is 0 Å². The molecule has 88 heavy (non-hydrogen) atoms. The minimum atomic E-state index is -1.06. The van der Waals surface area contributed by atoms with E-state index in [1.807, 2.05) is 66.1 Å². The number of pyridine rings is 1. The number of anilines is 4. The molecule has 4 saturated heterocycles. The van der Waals surface area contributed by atoms with Crippen LogP contribution >= 0.6 is 0 Å². The second-order valence-electron chi connectivity index (χ2n) is 26.6. The summed E-state index contributed by atoms with van der Waals surface area (Å²) in [6.45, 7) is 13.4. The predicted octanol–water partition coefficient (Wildman–Crippen LogP) is 8.18. The van der Waals surface area contributed by atoms with E-state index < -0.39 is 40.9 Å². The highest BCUT2D eigenvalue weighted by Crippen LogP contribution is 2.53. The number of hydrogen-bond donors (Lipinski definition) is 3. The largest absolute Gasteiger partial charge is 0.371 e. The molecule has 8 heterocycles. The number of nitrogens with zero attached hydrogens (tertiary/aromatic N) is 9. The van der Waals surface area contributed by atoms with E-state index in [-0.39, 0.29) is 89.3 Å². The second-order valence-corrected chi connectivity index (χ2v) is 26.6. The van der Waals surface area contributed by atoms with E-state index in [1.54, 1.807) is 31.5 Å². The van der Waals surface area contributed by atoms with Crippen molar-refractivity contribution in [3.8, 4) is 11.3 Å². The van der Waals surface area contributed by atoms with Crippen molar-refractivity contribution in [2.75, 3.05) is 61.4 Å². The van der Waals surface area contributed by atoms with Crippen LogP contribution in [0.4, 0.5) is 27.3 Å². The fraction of sp³-hybridized carbons (Fsp3) is 0.522. The standard InChI is InChI=1S/C67H79FN12O8/c1-37(2)70-60(82)47-33-51(49(68)29-39(47)5)72-59-58-52(69-36-78(58)38(3)4)34-50(71-59)41-15-18-48-55(30-41)79(45-31-44(32-45)75-24-8-7-9-25-75)66(88)67(48)22-27-76(28-23-67)63(85)42-21-26-77(35-42)62(84)40-13-16-43(17-14-40)74(6)53-12-10-11-46-57(53)65(87)80(64(46)86)54-19-20-56(81)73-61(54)83/h10-12,15,18,29-30,33-34,36-38,40,42-45,54H,7-9,13-14,16-17,19-28,31-32,35H2,1-6H3,(H,70,82)(H,71,72)(H,73,81,83)/t40?,42-,43?,44-,45+,54?/m1/s1. The Morgan fingerprint density at radius 1 is 0.784 bits per heavy atom. The van der Waals surface area contributed by atoms with E-state index in [0.717, 1.165) is 47.6 Å². The molecule has 8 aliphatic rings. The van der Waals surface area contributed by atoms with E-state index in [2.05, 4.69) is 37.9 Å². The van der Waals surface area contributed by atoms with Crippen LogP contribution in [-0.2, 0) is 29.4 Å². The summed E-state index contributed by atoms with van der Waals surface area (Å²) in [5.74, 6) is -3.07. The zero-order valence-corrected chi connectivity index (χ0v) is 51.2. The third-order valence-corrected chi connectivity index (χ3v) is 20.6. The van der Waals surface area contributed by atoms with Gasteiger partial charge in [0, 0.05) is 92.6 Å². The van der Waals surface area contributed by atoms with Gasteiger partial charge in [-0.05, 0) is 172 Å². The number of carbonyl (C=O) groups is 8. The van der Waals surface area contributed by atoms with Crippen molar-refractivity contribution >= 4 is 81.2 Å². The number of hydrogen-bond acceptors (Lipinski definition) is 13. The van der Waals surface area contributed by atoms with Crippen molar-refractivity contribution in [1.29, 1.82) is 0 Å². The number of piperidine rings is 3. The highest BCUT2D eigenvalue weighted by atomic mass is 19.1. The van der Waals surface area contributed by atoms with Gasteiger partial charge >= 0.3 is 0 Å². The van der Waals surface area contributed by atoms with Gasteiger partial charge in [-0.25, -0.2) is 14.4 Å². The Labute approximate surface area is 511 Å². The SMILES string of the molecule is Cc1cc(F)c(Nc2nc(-c3ccc4c(c3)N([C@H]3C[C@@H](N5CCCCC5)C3)C(=O)C43CCN(C(=O)[C@@H]4CCN(C(=O)C5CCC(N(C)c6cccc7c6C(=O)N(C6CCC(=O)NC6=O)C7=O)CC5)C4)CC3)cc3ncn(C(C)C)c23)cc1C(=O)NC(C)C. The van der Waals surface area contributed by atoms with Crippen LogP contribution in [0, 0.1) is 24.6 Å². The molecule has 1 unspecified atom stereocenters. The fourth-order valence-electron chi connectivity index (χ4n) is 15.6. The number of carbonyl (C=O) groups excluding carboxylic acids is 8. The molecule has 5 aromatic rings. The van der Waals surface area contributed by atoms with Crippen LogP contribution < -0.4 is 25.8 Å². The van der Waals surface area contributed by atoms with Crippen molar-refractivity contribution < 1.29 is 42.7 Å². The molecule has 2 aliphatic carbocycles. The fourth-order valence-corrected chi connectivity index (χ4v) is 15.6. The van der Waals surface area contributed by atoms with Gasteiger partial charge in [0.25, 0.3) is 17.7 Å². The topological polar surface area (TPSA) is 223 Å². The Morgan fingerprint density at radius 3 is 2.24 bits per heavy atom. The molecule has 3 aromatic carbocycles. The van der Waals surface area contributed by atoms with Gasteiger partial charge < -0.3 is 39.7 Å². The van der Waals surface area contributed by atoms with Crippen molar-refractivity contribution in [3.63, 3.8) is 0 Å². The van der Waals surface area contributed by atoms with Crippen molar-refractivity contribution in [2.24, 2.45) is 11.8 Å². The number of likely N-dealkylation sites (tertiary alicyclic amines) is 3. The lowest BCUT2D eigenvalue weighted by Gasteiger charge is -2.48. The van der Waals surface area contributed by atoms with Gasteiger partial charge in [-0.15, -0.1) is 0 Å². The number of halogens is 1. The molecular weight excluding hydrogens is 1120 g/mol. The quantitative estimate of drug-likeness (QED) is 0.0948. The average molecular weight is 1200 g/mol. The van der Waals surface area contributed by atoms with Crippen molar-refractivity contribution in [3.05, 3.63) is 94.6 Å². The van der Waals surface area contributed by atoms with Gasteiger partial charge in [-0.2, -0.15) is 0 Å². The number of aryl methyl sites for hydroxylation is 1. The Hall–Kier alpha value is -8.07. The molecule has 3 N–H and O–H groups in total. The highest BCUT2D eigenvalue weighted by molar-refractivity contribution is 6.25. The second kappa shape index (κ2) is 23.1. The normalized spacial score (nSPS) is 24.6. The highest BCUT2D eigenvalue weighted by Gasteiger charge is 2.56. The van der Waals surface area contributed by atoms with Crippen LogP contribution in [0.5, 0.6) is 0 Å². The molecule has 13 rings (SSSR count). The number of fused-ring (bicyclic) bond motifs is 4. The summed E-state index contributed by atoms with van der Waals surface area (Å²) >= 11 is 0. The molecule has 1 spiro atoms. The Balaban J connectivity index is 0.695. The molecule has 2 saturated carbocycles. The monoisotopic (exact) mass is 1200 g/mol. The number of amides is 8. The molecule has 0 radical (unpaired) electrons. The first-order valence-corrected chi connectivity index (χ1v) is 31.9. The average Bonchev–Trinajstić information content (AvgIpc) is 1.58. The van der Waals surface area contributed by atoms with E-state index >= 15 is 9.18 Å². The Kier molecular flexibility index (Phi) is 15.5. The minimum absolute atomic E-state index is 0.00239. The van der Waals surface area contributed by atoms with Crippen LogP contribution in [0.3, 0.4) is 0 Å². The maximum atomic E-state index is 16.0. The number of aromatic nitrogens is 3. The Morgan fingerprint density at radius 2 is 1.52 bits per heavy atom.